The van der Waals surface area contributed by atoms with Crippen molar-refractivity contribution in [1.82, 2.24) is 10.2 Å². The molecule has 0 saturated heterocycles. The van der Waals surface area contributed by atoms with Crippen molar-refractivity contribution in [3.63, 3.8) is 0 Å². The number of aromatic amines is 1. The van der Waals surface area contributed by atoms with Crippen LogP contribution in [0, 0.1) is 0 Å². The Hall–Kier alpha value is -1.85. The maximum absolute atomic E-state index is 11.1. The summed E-state index contributed by atoms with van der Waals surface area (Å²) in [6.07, 6.45) is 0.0370. The molecule has 0 radical (unpaired) electrons. The van der Waals surface area contributed by atoms with Crippen molar-refractivity contribution < 1.29 is 9.59 Å². The van der Waals surface area contributed by atoms with Crippen molar-refractivity contribution in [3.8, 4) is 0 Å². The van der Waals surface area contributed by atoms with Gasteiger partial charge >= 0.3 is 0 Å². The van der Waals surface area contributed by atoms with Crippen LogP contribution in [0.25, 0.3) is 0 Å². The molecule has 0 saturated carbocycles. The fraction of sp³-hybridized carbons (Fsp3) is 0.500. The number of aromatic nitrogens is 2. The van der Waals surface area contributed by atoms with E-state index < -0.39 is 5.91 Å². The van der Waals surface area contributed by atoms with Crippen LogP contribution in [0.4, 0.5) is 5.69 Å². The van der Waals surface area contributed by atoms with Crippen molar-refractivity contribution in [2.45, 2.75) is 33.1 Å². The number of H-pyrrole nitrogens is 1. The first-order valence-electron chi connectivity index (χ1n) is 5.04. The zero-order chi connectivity index (χ0) is 12.3. The topological polar surface area (TPSA) is 101 Å². The molecule has 0 unspecified atom stereocenters. The second-order valence-electron chi connectivity index (χ2n) is 3.94. The second-order valence-corrected chi connectivity index (χ2v) is 3.94. The molecular weight excluding hydrogens is 208 g/mol. The van der Waals surface area contributed by atoms with Gasteiger partial charge in [-0.2, -0.15) is 5.10 Å². The molecule has 1 rings (SSSR count). The van der Waals surface area contributed by atoms with E-state index in [1.54, 1.807) is 0 Å². The highest BCUT2D eigenvalue weighted by Gasteiger charge is 2.17. The SMILES string of the molecule is CC(=O)Nc1c(C(C)C)n[nH]c1CC(N)=O. The third kappa shape index (κ3) is 2.82. The van der Waals surface area contributed by atoms with Crippen molar-refractivity contribution in [2.75, 3.05) is 5.32 Å². The molecule has 6 heteroatoms. The number of primary amides is 1. The van der Waals surface area contributed by atoms with Gasteiger partial charge in [-0.15, -0.1) is 0 Å². The molecule has 0 aromatic carbocycles. The van der Waals surface area contributed by atoms with Crippen molar-refractivity contribution >= 4 is 17.5 Å². The Labute approximate surface area is 93.6 Å². The minimum absolute atomic E-state index is 0.0370. The minimum Gasteiger partial charge on any atom is -0.369 e. The molecule has 1 aromatic heterocycles. The van der Waals surface area contributed by atoms with Crippen LogP contribution in [0.3, 0.4) is 0 Å². The number of anilines is 1. The molecule has 0 fully saturated rings. The van der Waals surface area contributed by atoms with Crippen LogP contribution in [0.5, 0.6) is 0 Å². The lowest BCUT2D eigenvalue weighted by Crippen LogP contribution is -2.16. The number of carbonyl (C=O) groups is 2. The lowest BCUT2D eigenvalue weighted by Gasteiger charge is -2.07. The standard InChI is InChI=1S/C10H16N4O2/c1-5(2)9-10(12-6(3)15)7(13-14-9)4-8(11)16/h5H,4H2,1-3H3,(H2,11,16)(H,12,15)(H,13,14). The van der Waals surface area contributed by atoms with Crippen molar-refractivity contribution in [3.05, 3.63) is 11.4 Å². The Kier molecular flexibility index (Phi) is 3.65. The smallest absolute Gasteiger partial charge is 0.223 e. The highest BCUT2D eigenvalue weighted by molar-refractivity contribution is 5.91. The Balaban J connectivity index is 3.08. The summed E-state index contributed by atoms with van der Waals surface area (Å²) in [5.41, 5.74) is 6.96. The number of amides is 2. The summed E-state index contributed by atoms with van der Waals surface area (Å²) >= 11 is 0. The molecule has 1 aromatic rings. The first-order valence-corrected chi connectivity index (χ1v) is 5.04. The lowest BCUT2D eigenvalue weighted by atomic mass is 10.1. The molecule has 16 heavy (non-hydrogen) atoms. The normalized spacial score (nSPS) is 10.5. The summed E-state index contributed by atoms with van der Waals surface area (Å²) in [4.78, 5) is 21.9. The largest absolute Gasteiger partial charge is 0.369 e. The fourth-order valence-electron chi connectivity index (χ4n) is 1.43. The van der Waals surface area contributed by atoms with Crippen LogP contribution < -0.4 is 11.1 Å². The Morgan fingerprint density at radius 2 is 2.12 bits per heavy atom. The highest BCUT2D eigenvalue weighted by Crippen LogP contribution is 2.25. The Bertz CT molecular complexity index is 409. The molecule has 6 nitrogen and oxygen atoms in total. The van der Waals surface area contributed by atoms with E-state index in [-0.39, 0.29) is 18.2 Å². The quantitative estimate of drug-likeness (QED) is 0.694. The third-order valence-electron chi connectivity index (χ3n) is 2.07. The van der Waals surface area contributed by atoms with Gasteiger partial charge in [0.2, 0.25) is 11.8 Å². The van der Waals surface area contributed by atoms with Gasteiger partial charge in [0.1, 0.15) is 0 Å². The van der Waals surface area contributed by atoms with Gasteiger partial charge in [0.05, 0.1) is 23.5 Å². The zero-order valence-corrected chi connectivity index (χ0v) is 9.63. The first-order chi connectivity index (χ1) is 7.41. The van der Waals surface area contributed by atoms with E-state index in [4.69, 9.17) is 5.73 Å². The average molecular weight is 224 g/mol. The van der Waals surface area contributed by atoms with E-state index in [1.165, 1.54) is 6.92 Å². The van der Waals surface area contributed by atoms with Gasteiger partial charge < -0.3 is 11.1 Å². The molecule has 88 valence electrons. The van der Waals surface area contributed by atoms with Gasteiger partial charge in [0, 0.05) is 6.92 Å². The van der Waals surface area contributed by atoms with Crippen molar-refractivity contribution in [2.24, 2.45) is 5.73 Å². The number of rotatable bonds is 4. The number of hydrogen-bond acceptors (Lipinski definition) is 3. The van der Waals surface area contributed by atoms with Crippen LogP contribution >= 0.6 is 0 Å². The van der Waals surface area contributed by atoms with Gasteiger partial charge in [0.25, 0.3) is 0 Å². The van der Waals surface area contributed by atoms with Gasteiger partial charge in [-0.3, -0.25) is 14.7 Å². The van der Waals surface area contributed by atoms with Gasteiger partial charge in [0.15, 0.2) is 0 Å². The highest BCUT2D eigenvalue weighted by atomic mass is 16.1. The van der Waals surface area contributed by atoms with Crippen LogP contribution in [-0.2, 0) is 16.0 Å². The molecule has 0 aliphatic heterocycles. The monoisotopic (exact) mass is 224 g/mol. The summed E-state index contributed by atoms with van der Waals surface area (Å²) in [6.45, 7) is 5.32. The zero-order valence-electron chi connectivity index (χ0n) is 9.63. The molecule has 0 aliphatic rings. The van der Waals surface area contributed by atoms with Crippen LogP contribution in [-0.4, -0.2) is 22.0 Å². The molecule has 4 N–H and O–H groups in total. The minimum atomic E-state index is -0.467. The van der Waals surface area contributed by atoms with E-state index in [2.05, 4.69) is 15.5 Å². The number of hydrogen-bond donors (Lipinski definition) is 3. The van der Waals surface area contributed by atoms with Gasteiger partial charge in [-0.1, -0.05) is 13.8 Å². The summed E-state index contributed by atoms with van der Waals surface area (Å²) in [5.74, 6) is -0.515. The van der Waals surface area contributed by atoms with Crippen LogP contribution in [0.15, 0.2) is 0 Å². The number of nitrogens with zero attached hydrogens (tertiary/aromatic N) is 1. The second kappa shape index (κ2) is 4.78. The molecule has 0 aliphatic carbocycles. The number of nitrogens with two attached hydrogens (primary N) is 1. The van der Waals surface area contributed by atoms with E-state index in [9.17, 15) is 9.59 Å². The maximum Gasteiger partial charge on any atom is 0.223 e. The summed E-state index contributed by atoms with van der Waals surface area (Å²) in [5, 5.41) is 9.47. The summed E-state index contributed by atoms with van der Waals surface area (Å²) in [7, 11) is 0. The van der Waals surface area contributed by atoms with Crippen LogP contribution in [0.2, 0.25) is 0 Å². The molecular formula is C10H16N4O2. The first kappa shape index (κ1) is 12.2. The summed E-state index contributed by atoms with van der Waals surface area (Å²) in [6, 6.07) is 0. The van der Waals surface area contributed by atoms with Gasteiger partial charge in [-0.05, 0) is 5.92 Å². The van der Waals surface area contributed by atoms with Crippen molar-refractivity contribution in [1.29, 1.82) is 0 Å². The van der Waals surface area contributed by atoms with Gasteiger partial charge in [-0.25, -0.2) is 0 Å². The molecule has 0 atom stereocenters. The van der Waals surface area contributed by atoms with E-state index in [0.717, 1.165) is 5.69 Å². The Morgan fingerprint density at radius 3 is 2.56 bits per heavy atom. The predicted octanol–water partition coefficient (Wildman–Crippen LogP) is 0.519. The Morgan fingerprint density at radius 1 is 1.50 bits per heavy atom. The fourth-order valence-corrected chi connectivity index (χ4v) is 1.43. The number of carbonyl (C=O) groups excluding carboxylic acids is 2. The van der Waals surface area contributed by atoms with Crippen LogP contribution in [0.1, 0.15) is 38.1 Å². The lowest BCUT2D eigenvalue weighted by molar-refractivity contribution is -0.117. The average Bonchev–Trinajstić information content (AvgIpc) is 2.47. The molecule has 1 heterocycles. The third-order valence-corrected chi connectivity index (χ3v) is 2.07. The summed E-state index contributed by atoms with van der Waals surface area (Å²) < 4.78 is 0. The van der Waals surface area contributed by atoms with E-state index in [0.29, 0.717) is 11.4 Å². The molecule has 0 bridgehead atoms. The predicted molar refractivity (Wildman–Crippen MR) is 59.9 cm³/mol. The molecule has 2 amide bonds. The van der Waals surface area contributed by atoms with E-state index in [1.807, 2.05) is 13.8 Å². The number of nitrogens with one attached hydrogen (secondary N) is 2. The van der Waals surface area contributed by atoms with E-state index >= 15 is 0 Å². The molecule has 0 spiro atoms. The maximum atomic E-state index is 11.1.